The molecule has 2 aromatic rings. The van der Waals surface area contributed by atoms with Crippen LogP contribution in [0.1, 0.15) is 17.0 Å². The lowest BCUT2D eigenvalue weighted by Crippen LogP contribution is -2.29. The highest BCUT2D eigenvalue weighted by molar-refractivity contribution is 5.79. The Morgan fingerprint density at radius 1 is 0.591 bits per heavy atom. The lowest BCUT2D eigenvalue weighted by atomic mass is 9.98. The van der Waals surface area contributed by atoms with Gasteiger partial charge in [-0.1, -0.05) is 48.5 Å². The maximum absolute atomic E-state index is 12.2. The number of methoxy groups -OCH3 is 1. The first kappa shape index (κ1) is 35.4. The molecule has 0 heterocycles. The van der Waals surface area contributed by atoms with E-state index in [0.717, 1.165) is 0 Å². The Morgan fingerprint density at radius 2 is 1.00 bits per heavy atom. The molecule has 1 N–H and O–H groups in total. The fraction of sp³-hybridized carbons (Fsp3) is 0.562. The molecule has 0 aromatic heterocycles. The predicted molar refractivity (Wildman–Crippen MR) is 161 cm³/mol. The van der Waals surface area contributed by atoms with Gasteiger partial charge in [0.15, 0.2) is 0 Å². The minimum Gasteiger partial charge on any atom is -0.467 e. The third kappa shape index (κ3) is 13.7. The molecule has 0 saturated carbocycles. The van der Waals surface area contributed by atoms with Crippen LogP contribution in [0.5, 0.6) is 0 Å². The number of ether oxygens (including phenoxy) is 9. The van der Waals surface area contributed by atoms with Crippen LogP contribution in [0.2, 0.25) is 0 Å². The molecule has 0 atom stereocenters. The number of alkyl carbamates (subject to hydrolysis) is 1. The van der Waals surface area contributed by atoms with Crippen molar-refractivity contribution in [3.8, 4) is 11.1 Å². The number of fused-ring (bicyclic) bond motifs is 3. The maximum atomic E-state index is 12.2. The number of nitrogens with one attached hydrogen (secondary N) is 1. The lowest BCUT2D eigenvalue weighted by molar-refractivity contribution is -0.146. The Kier molecular flexibility index (Phi) is 18.0. The van der Waals surface area contributed by atoms with Gasteiger partial charge in [-0.15, -0.1) is 0 Å². The Labute approximate surface area is 259 Å². The van der Waals surface area contributed by atoms with Gasteiger partial charge in [-0.25, -0.2) is 9.59 Å². The van der Waals surface area contributed by atoms with Gasteiger partial charge in [0, 0.05) is 12.5 Å². The molecule has 2 aromatic carbocycles. The highest BCUT2D eigenvalue weighted by Gasteiger charge is 2.28. The zero-order valence-corrected chi connectivity index (χ0v) is 25.5. The quantitative estimate of drug-likeness (QED) is 0.130. The van der Waals surface area contributed by atoms with Crippen molar-refractivity contribution in [2.75, 3.05) is 113 Å². The predicted octanol–water partition coefficient (Wildman–Crippen LogP) is 2.81. The third-order valence-electron chi connectivity index (χ3n) is 6.54. The molecule has 0 fully saturated rings. The van der Waals surface area contributed by atoms with Crippen molar-refractivity contribution < 1.29 is 52.2 Å². The van der Waals surface area contributed by atoms with E-state index >= 15 is 0 Å². The minimum atomic E-state index is -0.456. The van der Waals surface area contributed by atoms with Crippen LogP contribution in [-0.4, -0.2) is 125 Å². The second kappa shape index (κ2) is 22.4. The molecule has 0 radical (unpaired) electrons. The average Bonchev–Trinajstić information content (AvgIpc) is 3.37. The first-order valence-corrected chi connectivity index (χ1v) is 14.9. The molecule has 1 aliphatic rings. The van der Waals surface area contributed by atoms with E-state index < -0.39 is 12.1 Å². The largest absolute Gasteiger partial charge is 0.467 e. The molecule has 0 bridgehead atoms. The summed E-state index contributed by atoms with van der Waals surface area (Å²) in [7, 11) is 1.31. The molecule has 44 heavy (non-hydrogen) atoms. The fourth-order valence-corrected chi connectivity index (χ4v) is 4.41. The highest BCUT2D eigenvalue weighted by Crippen LogP contribution is 2.44. The van der Waals surface area contributed by atoms with Crippen LogP contribution in [0.4, 0.5) is 4.79 Å². The van der Waals surface area contributed by atoms with Crippen molar-refractivity contribution in [2.45, 2.75) is 5.92 Å². The standard InChI is InChI=1S/C32H45NO11/c1-36-31(34)25-43-23-22-42-21-20-41-19-18-40-17-16-39-15-14-38-13-12-37-11-10-33-32(35)44-24-30-28-8-4-2-6-26(28)27-7-3-5-9-29(27)30/h2-9,30H,10-25H2,1H3,(H,33,35). The van der Waals surface area contributed by atoms with Gasteiger partial charge in [-0.2, -0.15) is 0 Å². The molecule has 1 aliphatic carbocycles. The summed E-state index contributed by atoms with van der Waals surface area (Å²) in [5.41, 5.74) is 4.76. The van der Waals surface area contributed by atoms with Crippen molar-refractivity contribution in [1.82, 2.24) is 5.32 Å². The van der Waals surface area contributed by atoms with E-state index in [-0.39, 0.29) is 19.1 Å². The topological polar surface area (TPSA) is 129 Å². The van der Waals surface area contributed by atoms with E-state index in [1.165, 1.54) is 29.4 Å². The van der Waals surface area contributed by atoms with Crippen LogP contribution in [-0.2, 0) is 47.4 Å². The zero-order valence-electron chi connectivity index (χ0n) is 25.5. The van der Waals surface area contributed by atoms with Gasteiger partial charge < -0.3 is 47.9 Å². The highest BCUT2D eigenvalue weighted by atomic mass is 16.6. The Balaban J connectivity index is 1.03. The smallest absolute Gasteiger partial charge is 0.407 e. The van der Waals surface area contributed by atoms with Crippen molar-refractivity contribution in [3.63, 3.8) is 0 Å². The molecule has 244 valence electrons. The van der Waals surface area contributed by atoms with E-state index in [2.05, 4.69) is 34.3 Å². The monoisotopic (exact) mass is 619 g/mol. The van der Waals surface area contributed by atoms with Crippen LogP contribution < -0.4 is 5.32 Å². The molecule has 0 unspecified atom stereocenters. The number of hydrogen-bond acceptors (Lipinski definition) is 11. The van der Waals surface area contributed by atoms with Gasteiger partial charge in [0.05, 0.1) is 93.0 Å². The number of amides is 1. The number of hydrogen-bond donors (Lipinski definition) is 1. The van der Waals surface area contributed by atoms with E-state index in [4.69, 9.17) is 37.9 Å². The van der Waals surface area contributed by atoms with Gasteiger partial charge in [-0.3, -0.25) is 0 Å². The summed E-state index contributed by atoms with van der Waals surface area (Å²) in [6.45, 7) is 6.17. The molecule has 1 amide bonds. The summed E-state index contributed by atoms with van der Waals surface area (Å²) in [4.78, 5) is 23.1. The van der Waals surface area contributed by atoms with Gasteiger partial charge in [0.1, 0.15) is 13.2 Å². The summed E-state index contributed by atoms with van der Waals surface area (Å²) in [6.07, 6.45) is -0.456. The molecule has 12 nitrogen and oxygen atoms in total. The lowest BCUT2D eigenvalue weighted by Gasteiger charge is -2.14. The zero-order chi connectivity index (χ0) is 31.1. The van der Waals surface area contributed by atoms with E-state index in [1.807, 2.05) is 24.3 Å². The SMILES string of the molecule is COC(=O)COCCOCCOCCOCCOCCOCCOCCNC(=O)OCC1c2ccccc2-c2ccccc21. The summed E-state index contributed by atoms with van der Waals surface area (Å²) in [5, 5.41) is 2.73. The van der Waals surface area contributed by atoms with Gasteiger partial charge in [0.25, 0.3) is 0 Å². The second-order valence-electron chi connectivity index (χ2n) is 9.56. The van der Waals surface area contributed by atoms with Gasteiger partial charge in [0.2, 0.25) is 0 Å². The summed E-state index contributed by atoms with van der Waals surface area (Å²) in [6, 6.07) is 16.5. The number of rotatable bonds is 25. The Bertz CT molecular complexity index is 1040. The molecule has 0 aliphatic heterocycles. The van der Waals surface area contributed by atoms with E-state index in [1.54, 1.807) is 0 Å². The average molecular weight is 620 g/mol. The van der Waals surface area contributed by atoms with Crippen LogP contribution in [0.25, 0.3) is 11.1 Å². The van der Waals surface area contributed by atoms with Crippen LogP contribution in [0.15, 0.2) is 48.5 Å². The second-order valence-corrected chi connectivity index (χ2v) is 9.56. The number of carbonyl (C=O) groups excluding carboxylic acids is 2. The Morgan fingerprint density at radius 3 is 1.45 bits per heavy atom. The normalized spacial score (nSPS) is 12.1. The summed E-state index contributed by atoms with van der Waals surface area (Å²) >= 11 is 0. The summed E-state index contributed by atoms with van der Waals surface area (Å²) < 4.78 is 47.6. The molecular formula is C32H45NO11. The van der Waals surface area contributed by atoms with Crippen LogP contribution in [0, 0.1) is 0 Å². The van der Waals surface area contributed by atoms with Gasteiger partial charge in [-0.05, 0) is 22.3 Å². The van der Waals surface area contributed by atoms with E-state index in [0.29, 0.717) is 92.4 Å². The van der Waals surface area contributed by atoms with Crippen LogP contribution >= 0.6 is 0 Å². The minimum absolute atomic E-state index is 0.0366. The number of esters is 1. The van der Waals surface area contributed by atoms with Crippen molar-refractivity contribution in [3.05, 3.63) is 59.7 Å². The molecule has 0 spiro atoms. The first-order valence-electron chi connectivity index (χ1n) is 14.9. The molecular weight excluding hydrogens is 574 g/mol. The molecule has 3 rings (SSSR count). The maximum Gasteiger partial charge on any atom is 0.407 e. The first-order chi connectivity index (χ1) is 21.7. The van der Waals surface area contributed by atoms with Crippen molar-refractivity contribution >= 4 is 12.1 Å². The fourth-order valence-electron chi connectivity index (χ4n) is 4.41. The van der Waals surface area contributed by atoms with Crippen molar-refractivity contribution in [2.24, 2.45) is 0 Å². The van der Waals surface area contributed by atoms with Crippen molar-refractivity contribution in [1.29, 1.82) is 0 Å². The van der Waals surface area contributed by atoms with Gasteiger partial charge >= 0.3 is 12.1 Å². The number of benzene rings is 2. The van der Waals surface area contributed by atoms with E-state index in [9.17, 15) is 9.59 Å². The Hall–Kier alpha value is -3.10. The number of carbonyl (C=O) groups is 2. The molecule has 0 saturated heterocycles. The van der Waals surface area contributed by atoms with Crippen LogP contribution in [0.3, 0.4) is 0 Å². The molecule has 12 heteroatoms. The summed E-state index contributed by atoms with van der Waals surface area (Å²) in [5.74, 6) is -0.375. The third-order valence-corrected chi connectivity index (χ3v) is 6.54.